The number of hydrogen-bond donors (Lipinski definition) is 4. The first-order chi connectivity index (χ1) is 19.0. The zero-order valence-corrected chi connectivity index (χ0v) is 26.2. The van der Waals surface area contributed by atoms with E-state index in [0.29, 0.717) is 0 Å². The lowest BCUT2D eigenvalue weighted by Crippen LogP contribution is -2.45. The Labute approximate surface area is 246 Å². The zero-order chi connectivity index (χ0) is 32.8. The highest BCUT2D eigenvalue weighted by molar-refractivity contribution is 5.87. The molecule has 0 aromatic carbocycles. The summed E-state index contributed by atoms with van der Waals surface area (Å²) < 4.78 is 19.9. The van der Waals surface area contributed by atoms with Crippen LogP contribution >= 0.6 is 0 Å². The molecule has 0 aliphatic rings. The van der Waals surface area contributed by atoms with Crippen LogP contribution in [-0.4, -0.2) is 97.6 Å². The molecule has 0 aliphatic carbocycles. The first-order valence-corrected chi connectivity index (χ1v) is 13.3. The molecule has 0 radical (unpaired) electrons. The van der Waals surface area contributed by atoms with Crippen LogP contribution in [0.4, 0.5) is 9.59 Å². The van der Waals surface area contributed by atoms with Gasteiger partial charge >= 0.3 is 24.1 Å². The number of hydrogen-bond acceptors (Lipinski definition) is 12. The van der Waals surface area contributed by atoms with Gasteiger partial charge in [0.25, 0.3) is 0 Å². The monoisotopic (exact) mass is 602 g/mol. The van der Waals surface area contributed by atoms with E-state index in [1.165, 1.54) is 27.7 Å². The highest BCUT2D eigenvalue weighted by Crippen LogP contribution is 2.16. The fourth-order valence-electron chi connectivity index (χ4n) is 2.45. The predicted molar refractivity (Wildman–Crippen MR) is 149 cm³/mol. The molecule has 0 bridgehead atoms. The number of azo groups is 1. The van der Waals surface area contributed by atoms with Crippen LogP contribution in [0.15, 0.2) is 10.2 Å². The second-order valence-corrected chi connectivity index (χ2v) is 12.0. The fourth-order valence-corrected chi connectivity index (χ4v) is 2.45. The van der Waals surface area contributed by atoms with Gasteiger partial charge in [0.1, 0.15) is 37.5 Å². The van der Waals surface area contributed by atoms with Crippen molar-refractivity contribution in [1.29, 1.82) is 0 Å². The zero-order valence-electron chi connectivity index (χ0n) is 26.2. The molecular formula is C26H46N6O10. The van der Waals surface area contributed by atoms with E-state index in [2.05, 4.69) is 31.5 Å². The summed E-state index contributed by atoms with van der Waals surface area (Å²) in [5.74, 6) is -2.49. The van der Waals surface area contributed by atoms with Crippen LogP contribution in [0.5, 0.6) is 0 Å². The number of nitrogens with one attached hydrogen (secondary N) is 4. The van der Waals surface area contributed by atoms with E-state index >= 15 is 0 Å². The lowest BCUT2D eigenvalue weighted by molar-refractivity contribution is -0.143. The van der Waals surface area contributed by atoms with Crippen molar-refractivity contribution in [3.05, 3.63) is 0 Å². The molecule has 4 amide bonds. The van der Waals surface area contributed by atoms with Crippen molar-refractivity contribution in [2.24, 2.45) is 10.2 Å². The summed E-state index contributed by atoms with van der Waals surface area (Å²) in [4.78, 5) is 71.6. The molecule has 240 valence electrons. The van der Waals surface area contributed by atoms with E-state index in [9.17, 15) is 28.8 Å². The molecule has 42 heavy (non-hydrogen) atoms. The Hall–Kier alpha value is -3.98. The third-order valence-electron chi connectivity index (χ3n) is 4.51. The predicted octanol–water partition coefficient (Wildman–Crippen LogP) is 1.36. The third kappa shape index (κ3) is 18.4. The van der Waals surface area contributed by atoms with Crippen LogP contribution in [0.3, 0.4) is 0 Å². The first kappa shape index (κ1) is 38.0. The molecule has 0 unspecified atom stereocenters. The summed E-state index contributed by atoms with van der Waals surface area (Å²) in [5, 5.41) is 17.7. The molecule has 0 aromatic heterocycles. The number of alkyl carbamates (subject to hydrolysis) is 2. The van der Waals surface area contributed by atoms with Gasteiger partial charge in [-0.05, 0) is 69.2 Å². The van der Waals surface area contributed by atoms with Crippen LogP contribution in [0.25, 0.3) is 0 Å². The maximum Gasteiger partial charge on any atom is 0.408 e. The lowest BCUT2D eigenvalue weighted by Gasteiger charge is -2.22. The van der Waals surface area contributed by atoms with Crippen LogP contribution in [-0.2, 0) is 38.1 Å². The SMILES string of the molecule is CC(C)(C)OC(=O)NCC(=O)OCCNC(=O)C(C)(C)/N=N/C(C)(C)C(=O)NCCOC(=O)CNC(=O)OC(C)(C)C. The average molecular weight is 603 g/mol. The number of esters is 2. The molecule has 16 heteroatoms. The molecule has 0 heterocycles. The Morgan fingerprint density at radius 1 is 0.524 bits per heavy atom. The summed E-state index contributed by atoms with van der Waals surface area (Å²) in [5.41, 5.74) is -4.11. The van der Waals surface area contributed by atoms with E-state index in [-0.39, 0.29) is 26.3 Å². The van der Waals surface area contributed by atoms with E-state index < -0.39 is 71.3 Å². The Morgan fingerprint density at radius 2 is 0.833 bits per heavy atom. The molecule has 0 saturated heterocycles. The number of ether oxygens (including phenoxy) is 4. The van der Waals surface area contributed by atoms with Crippen LogP contribution < -0.4 is 21.3 Å². The van der Waals surface area contributed by atoms with E-state index in [0.717, 1.165) is 0 Å². The lowest BCUT2D eigenvalue weighted by atomic mass is 10.0. The molecule has 0 aromatic rings. The summed E-state index contributed by atoms with van der Waals surface area (Å²) in [7, 11) is 0. The van der Waals surface area contributed by atoms with Gasteiger partial charge in [0.2, 0.25) is 11.8 Å². The maximum atomic E-state index is 12.5. The van der Waals surface area contributed by atoms with Gasteiger partial charge in [-0.2, -0.15) is 10.2 Å². The minimum atomic E-state index is -1.35. The Bertz CT molecular complexity index is 919. The van der Waals surface area contributed by atoms with Gasteiger partial charge in [0, 0.05) is 0 Å². The molecule has 0 fully saturated rings. The highest BCUT2D eigenvalue weighted by Gasteiger charge is 2.32. The number of nitrogens with zero attached hydrogens (tertiary/aromatic N) is 2. The third-order valence-corrected chi connectivity index (χ3v) is 4.51. The quantitative estimate of drug-likeness (QED) is 0.0970. The molecule has 0 spiro atoms. The molecule has 0 rings (SSSR count). The number of carbonyl (C=O) groups is 6. The van der Waals surface area contributed by atoms with Crippen molar-refractivity contribution in [1.82, 2.24) is 21.3 Å². The molecule has 0 atom stereocenters. The van der Waals surface area contributed by atoms with Crippen LogP contribution in [0.2, 0.25) is 0 Å². The van der Waals surface area contributed by atoms with E-state index in [4.69, 9.17) is 18.9 Å². The first-order valence-electron chi connectivity index (χ1n) is 13.3. The van der Waals surface area contributed by atoms with Gasteiger partial charge in [0.15, 0.2) is 11.1 Å². The topological polar surface area (TPSA) is 212 Å². The molecule has 4 N–H and O–H groups in total. The van der Waals surface area contributed by atoms with Gasteiger partial charge in [-0.1, -0.05) is 0 Å². The van der Waals surface area contributed by atoms with Crippen LogP contribution in [0, 0.1) is 0 Å². The highest BCUT2D eigenvalue weighted by atomic mass is 16.6. The van der Waals surface area contributed by atoms with Crippen molar-refractivity contribution < 1.29 is 47.7 Å². The summed E-state index contributed by atoms with van der Waals surface area (Å²) in [6.07, 6.45) is -1.52. The minimum absolute atomic E-state index is 0.0220. The van der Waals surface area contributed by atoms with Gasteiger partial charge in [-0.3, -0.25) is 19.2 Å². The number of amides is 4. The maximum absolute atomic E-state index is 12.5. The van der Waals surface area contributed by atoms with E-state index in [1.807, 2.05) is 0 Å². The van der Waals surface area contributed by atoms with Crippen molar-refractivity contribution in [3.63, 3.8) is 0 Å². The van der Waals surface area contributed by atoms with Crippen molar-refractivity contribution in [3.8, 4) is 0 Å². The second kappa shape index (κ2) is 16.5. The Kier molecular flexibility index (Phi) is 14.9. The summed E-state index contributed by atoms with van der Waals surface area (Å²) in [6.45, 7) is 14.9. The van der Waals surface area contributed by atoms with Gasteiger partial charge in [-0.25, -0.2) is 9.59 Å². The number of rotatable bonds is 14. The van der Waals surface area contributed by atoms with Crippen molar-refractivity contribution >= 4 is 35.9 Å². The summed E-state index contributed by atoms with van der Waals surface area (Å²) >= 11 is 0. The largest absolute Gasteiger partial charge is 0.462 e. The smallest absolute Gasteiger partial charge is 0.408 e. The fraction of sp³-hybridized carbons (Fsp3) is 0.769. The second-order valence-electron chi connectivity index (χ2n) is 12.0. The van der Waals surface area contributed by atoms with Crippen molar-refractivity contribution in [2.45, 2.75) is 91.5 Å². The van der Waals surface area contributed by atoms with Crippen molar-refractivity contribution in [2.75, 3.05) is 39.4 Å². The molecule has 16 nitrogen and oxygen atoms in total. The molecule has 0 saturated carbocycles. The van der Waals surface area contributed by atoms with E-state index in [1.54, 1.807) is 41.5 Å². The molecular weight excluding hydrogens is 556 g/mol. The Balaban J connectivity index is 4.44. The average Bonchev–Trinajstić information content (AvgIpc) is 2.83. The number of carbonyl (C=O) groups excluding carboxylic acids is 6. The molecule has 0 aliphatic heterocycles. The normalized spacial score (nSPS) is 12.1. The standard InChI is InChI=1S/C26H46N6O10/c1-23(2,3)41-21(37)29-15-17(33)39-13-11-27-19(35)25(7,8)31-32-26(9,10)20(36)28-12-14-40-18(34)16-30-22(38)42-24(4,5)6/h11-16H2,1-10H3,(H,27,35)(H,28,36)(H,29,37)(H,30,38)/b32-31+. The van der Waals surface area contributed by atoms with Gasteiger partial charge < -0.3 is 40.2 Å². The van der Waals surface area contributed by atoms with Crippen LogP contribution in [0.1, 0.15) is 69.2 Å². The summed E-state index contributed by atoms with van der Waals surface area (Å²) in [6, 6.07) is 0. The minimum Gasteiger partial charge on any atom is -0.462 e. The Morgan fingerprint density at radius 3 is 1.12 bits per heavy atom. The van der Waals surface area contributed by atoms with Gasteiger partial charge in [0.05, 0.1) is 13.1 Å². The van der Waals surface area contributed by atoms with Gasteiger partial charge in [-0.15, -0.1) is 0 Å².